The van der Waals surface area contributed by atoms with Crippen LogP contribution < -0.4 is 0 Å². The molecule has 3 fully saturated rings. The molecule has 4 aliphatic rings. The van der Waals surface area contributed by atoms with Crippen LogP contribution in [-0.2, 0) is 9.59 Å². The molecule has 4 nitrogen and oxygen atoms in total. The van der Waals surface area contributed by atoms with Gasteiger partial charge in [0.2, 0.25) is 0 Å². The summed E-state index contributed by atoms with van der Waals surface area (Å²) in [5.74, 6) is -2.03. The van der Waals surface area contributed by atoms with E-state index >= 15 is 4.39 Å². The minimum atomic E-state index is -1.95. The lowest BCUT2D eigenvalue weighted by molar-refractivity contribution is -0.218. The van der Waals surface area contributed by atoms with Crippen molar-refractivity contribution in [2.45, 2.75) is 63.8 Å². The molecule has 0 spiro atoms. The number of rotatable bonds is 2. The van der Waals surface area contributed by atoms with E-state index in [0.717, 1.165) is 5.57 Å². The Morgan fingerprint density at radius 1 is 1.36 bits per heavy atom. The minimum absolute atomic E-state index is 0.0151. The minimum Gasteiger partial charge on any atom is -0.390 e. The van der Waals surface area contributed by atoms with Gasteiger partial charge < -0.3 is 10.2 Å². The standard InChI is InChI=1S/C22H28ClFO4/c1-12-8-16-15-5-4-13-9-14(25)6-7-19(13,2)21(15,24)17(26)10-20(16,3)22(12,28)18(27)11-23/h6-7,9,12,15-17,26,28H,4-5,8,10-11H2,1-3H3/t12-,15+,16-,17?,19-,20+,21+,22-/m0/s1. The number of hydrogen-bond donors (Lipinski definition) is 2. The van der Waals surface area contributed by atoms with Gasteiger partial charge in [-0.15, -0.1) is 11.6 Å². The number of halogens is 2. The SMILES string of the molecule is C[C@H]1C[C@H]2[C@H]3CCC4=CC(=O)C=C[C@]4(C)[C@]3(F)C(O)C[C@@]2(C)[C@@]1(O)C(=O)CCl. The van der Waals surface area contributed by atoms with Crippen LogP contribution in [0.25, 0.3) is 0 Å². The van der Waals surface area contributed by atoms with Crippen molar-refractivity contribution in [3.63, 3.8) is 0 Å². The Morgan fingerprint density at radius 3 is 2.68 bits per heavy atom. The van der Waals surface area contributed by atoms with E-state index in [4.69, 9.17) is 11.6 Å². The molecule has 8 atom stereocenters. The molecular weight excluding hydrogens is 383 g/mol. The normalized spacial score (nSPS) is 52.5. The van der Waals surface area contributed by atoms with Crippen LogP contribution in [0.1, 0.15) is 46.5 Å². The summed E-state index contributed by atoms with van der Waals surface area (Å²) in [4.78, 5) is 24.5. The molecule has 0 bridgehead atoms. The third-order valence-electron chi connectivity index (χ3n) is 8.77. The number of alkyl halides is 2. The van der Waals surface area contributed by atoms with Gasteiger partial charge in [0.15, 0.2) is 17.2 Å². The van der Waals surface area contributed by atoms with E-state index in [-0.39, 0.29) is 29.9 Å². The second kappa shape index (κ2) is 5.99. The number of carbonyl (C=O) groups excluding carboxylic acids is 2. The van der Waals surface area contributed by atoms with Gasteiger partial charge in [-0.1, -0.05) is 25.5 Å². The molecule has 0 heterocycles. The van der Waals surface area contributed by atoms with Gasteiger partial charge in [0.05, 0.1) is 12.0 Å². The lowest BCUT2D eigenvalue weighted by Gasteiger charge is -2.62. The predicted octanol–water partition coefficient (Wildman–Crippen LogP) is 3.14. The van der Waals surface area contributed by atoms with E-state index < -0.39 is 39.9 Å². The molecule has 28 heavy (non-hydrogen) atoms. The zero-order valence-electron chi connectivity index (χ0n) is 16.5. The van der Waals surface area contributed by atoms with Crippen LogP contribution >= 0.6 is 11.6 Å². The number of aliphatic hydroxyl groups excluding tert-OH is 1. The molecule has 0 aliphatic heterocycles. The van der Waals surface area contributed by atoms with E-state index in [1.165, 1.54) is 12.2 Å². The zero-order chi connectivity index (χ0) is 20.7. The summed E-state index contributed by atoms with van der Waals surface area (Å²) < 4.78 is 16.9. The van der Waals surface area contributed by atoms with Crippen LogP contribution in [0.4, 0.5) is 4.39 Å². The second-order valence-corrected chi connectivity index (χ2v) is 9.99. The van der Waals surface area contributed by atoms with E-state index in [2.05, 4.69) is 0 Å². The Balaban J connectivity index is 1.84. The monoisotopic (exact) mass is 410 g/mol. The first-order chi connectivity index (χ1) is 13.0. The molecule has 0 aromatic carbocycles. The van der Waals surface area contributed by atoms with E-state index in [1.807, 2.05) is 13.8 Å². The zero-order valence-corrected chi connectivity index (χ0v) is 17.3. The van der Waals surface area contributed by atoms with Gasteiger partial charge in [0.1, 0.15) is 5.60 Å². The van der Waals surface area contributed by atoms with Crippen LogP contribution in [-0.4, -0.2) is 45.0 Å². The molecule has 0 radical (unpaired) electrons. The van der Waals surface area contributed by atoms with Crippen molar-refractivity contribution in [3.8, 4) is 0 Å². The fourth-order valence-corrected chi connectivity index (χ4v) is 7.45. The number of Topliss-reactive ketones (excluding diaryl/α,β-unsaturated/α-hetero) is 1. The van der Waals surface area contributed by atoms with Crippen LogP contribution in [0.2, 0.25) is 0 Å². The van der Waals surface area contributed by atoms with Crippen molar-refractivity contribution >= 4 is 23.2 Å². The first-order valence-electron chi connectivity index (χ1n) is 10.1. The largest absolute Gasteiger partial charge is 0.390 e. The molecule has 4 rings (SSSR count). The number of ketones is 2. The smallest absolute Gasteiger partial charge is 0.179 e. The molecule has 0 aromatic rings. The van der Waals surface area contributed by atoms with Gasteiger partial charge in [0.25, 0.3) is 0 Å². The van der Waals surface area contributed by atoms with Crippen molar-refractivity contribution in [3.05, 3.63) is 23.8 Å². The Labute approximate surface area is 169 Å². The average Bonchev–Trinajstić information content (AvgIpc) is 2.84. The van der Waals surface area contributed by atoms with Gasteiger partial charge in [0, 0.05) is 16.7 Å². The molecule has 3 saturated carbocycles. The van der Waals surface area contributed by atoms with Gasteiger partial charge in [-0.25, -0.2) is 4.39 Å². The first kappa shape index (κ1) is 20.2. The quantitative estimate of drug-likeness (QED) is 0.686. The van der Waals surface area contributed by atoms with Crippen molar-refractivity contribution in [2.24, 2.45) is 28.6 Å². The van der Waals surface area contributed by atoms with Crippen LogP contribution in [0.5, 0.6) is 0 Å². The van der Waals surface area contributed by atoms with Crippen molar-refractivity contribution in [1.82, 2.24) is 0 Å². The molecule has 154 valence electrons. The molecule has 0 saturated heterocycles. The summed E-state index contributed by atoms with van der Waals surface area (Å²) in [5.41, 5.74) is -4.90. The Hall–Kier alpha value is -1.04. The summed E-state index contributed by atoms with van der Waals surface area (Å²) in [5, 5.41) is 22.6. The fourth-order valence-electron chi connectivity index (χ4n) is 7.24. The number of fused-ring (bicyclic) bond motifs is 5. The molecule has 4 aliphatic carbocycles. The highest BCUT2D eigenvalue weighted by Crippen LogP contribution is 2.70. The Bertz CT molecular complexity index is 808. The molecule has 6 heteroatoms. The van der Waals surface area contributed by atoms with Gasteiger partial charge in [-0.05, 0) is 56.6 Å². The first-order valence-corrected chi connectivity index (χ1v) is 10.6. The number of carbonyl (C=O) groups is 2. The highest BCUT2D eigenvalue weighted by atomic mass is 35.5. The Kier molecular flexibility index (Phi) is 4.33. The summed E-state index contributed by atoms with van der Waals surface area (Å²) in [6.07, 6.45) is 4.69. The van der Waals surface area contributed by atoms with Gasteiger partial charge >= 0.3 is 0 Å². The summed E-state index contributed by atoms with van der Waals surface area (Å²) in [6.45, 7) is 5.38. The maximum absolute atomic E-state index is 16.9. The van der Waals surface area contributed by atoms with Crippen molar-refractivity contribution in [1.29, 1.82) is 0 Å². The number of aliphatic hydroxyl groups is 2. The topological polar surface area (TPSA) is 74.6 Å². The van der Waals surface area contributed by atoms with E-state index in [1.54, 1.807) is 13.0 Å². The molecule has 0 amide bonds. The van der Waals surface area contributed by atoms with Crippen LogP contribution in [0.15, 0.2) is 23.8 Å². The Morgan fingerprint density at radius 2 is 2.04 bits per heavy atom. The fraction of sp³-hybridized carbons (Fsp3) is 0.727. The van der Waals surface area contributed by atoms with Crippen LogP contribution in [0.3, 0.4) is 0 Å². The lowest BCUT2D eigenvalue weighted by atomic mass is 9.44. The van der Waals surface area contributed by atoms with Gasteiger partial charge in [-0.3, -0.25) is 9.59 Å². The molecule has 2 N–H and O–H groups in total. The van der Waals surface area contributed by atoms with Gasteiger partial charge in [-0.2, -0.15) is 0 Å². The second-order valence-electron chi connectivity index (χ2n) is 9.72. The number of allylic oxidation sites excluding steroid dienone is 4. The highest BCUT2D eigenvalue weighted by Gasteiger charge is 2.75. The highest BCUT2D eigenvalue weighted by molar-refractivity contribution is 6.29. The van der Waals surface area contributed by atoms with E-state index in [0.29, 0.717) is 19.3 Å². The molecular formula is C22H28ClFO4. The average molecular weight is 411 g/mol. The lowest BCUT2D eigenvalue weighted by Crippen LogP contribution is -2.69. The van der Waals surface area contributed by atoms with Crippen molar-refractivity contribution in [2.75, 3.05) is 5.88 Å². The van der Waals surface area contributed by atoms with Crippen LogP contribution in [0, 0.1) is 28.6 Å². The van der Waals surface area contributed by atoms with E-state index in [9.17, 15) is 19.8 Å². The third kappa shape index (κ3) is 2.08. The third-order valence-corrected chi connectivity index (χ3v) is 9.01. The van der Waals surface area contributed by atoms with Crippen molar-refractivity contribution < 1.29 is 24.2 Å². The number of hydrogen-bond acceptors (Lipinski definition) is 4. The summed E-state index contributed by atoms with van der Waals surface area (Å²) in [6, 6.07) is 0. The molecule has 1 unspecified atom stereocenters. The maximum Gasteiger partial charge on any atom is 0.179 e. The maximum atomic E-state index is 16.9. The predicted molar refractivity (Wildman–Crippen MR) is 104 cm³/mol. The summed E-state index contributed by atoms with van der Waals surface area (Å²) >= 11 is 5.81. The summed E-state index contributed by atoms with van der Waals surface area (Å²) in [7, 11) is 0. The molecule has 0 aromatic heterocycles.